The number of aryl methyl sites for hydroxylation is 1. The summed E-state index contributed by atoms with van der Waals surface area (Å²) in [5.41, 5.74) is 0.532. The molecule has 29 heavy (non-hydrogen) atoms. The molecule has 1 amide bonds. The fourth-order valence-electron chi connectivity index (χ4n) is 2.79. The van der Waals surface area contributed by atoms with Crippen molar-refractivity contribution in [2.75, 3.05) is 5.32 Å². The Morgan fingerprint density at radius 3 is 2.62 bits per heavy atom. The van der Waals surface area contributed by atoms with Crippen molar-refractivity contribution in [2.24, 2.45) is 7.05 Å². The standard InChI is InChI=1S/C20H17N5O3S/c1-12(28-13-8-4-3-5-9-13)18-23-24-20(29-18)22-17(26)16-19(27)25(2)15-11-7-6-10-14(15)21-16/h3-12H,1-2H3,(H,22,24,26)/t12-/m0/s1. The zero-order valence-electron chi connectivity index (χ0n) is 15.7. The van der Waals surface area contributed by atoms with Crippen LogP contribution in [0.15, 0.2) is 59.4 Å². The quantitative estimate of drug-likeness (QED) is 0.546. The largest absolute Gasteiger partial charge is 0.483 e. The first-order valence-electron chi connectivity index (χ1n) is 8.85. The van der Waals surface area contributed by atoms with Gasteiger partial charge in [0.05, 0.1) is 11.0 Å². The average Bonchev–Trinajstić information content (AvgIpc) is 3.20. The molecule has 0 radical (unpaired) electrons. The predicted molar refractivity (Wildman–Crippen MR) is 110 cm³/mol. The second kappa shape index (κ2) is 7.80. The number of rotatable bonds is 5. The summed E-state index contributed by atoms with van der Waals surface area (Å²) < 4.78 is 7.22. The van der Waals surface area contributed by atoms with Gasteiger partial charge in [-0.25, -0.2) is 4.98 Å². The summed E-state index contributed by atoms with van der Waals surface area (Å²) in [6.45, 7) is 1.85. The number of carbonyl (C=O) groups excluding carboxylic acids is 1. The highest BCUT2D eigenvalue weighted by Gasteiger charge is 2.19. The molecule has 8 nitrogen and oxygen atoms in total. The molecule has 2 aromatic heterocycles. The van der Waals surface area contributed by atoms with E-state index in [4.69, 9.17) is 4.74 Å². The Balaban J connectivity index is 1.53. The SMILES string of the molecule is C[C@H](Oc1ccccc1)c1nnc(NC(=O)c2nc3ccccc3n(C)c2=O)s1. The van der Waals surface area contributed by atoms with Gasteiger partial charge >= 0.3 is 0 Å². The summed E-state index contributed by atoms with van der Waals surface area (Å²) in [6.07, 6.45) is -0.341. The van der Waals surface area contributed by atoms with E-state index in [0.29, 0.717) is 21.8 Å². The highest BCUT2D eigenvalue weighted by Crippen LogP contribution is 2.26. The first-order chi connectivity index (χ1) is 14.0. The van der Waals surface area contributed by atoms with Crippen LogP contribution in [0.2, 0.25) is 0 Å². The Labute approximate surface area is 169 Å². The van der Waals surface area contributed by atoms with Crippen LogP contribution in [0.1, 0.15) is 28.5 Å². The third kappa shape index (κ3) is 3.85. The Bertz CT molecular complexity index is 1240. The van der Waals surface area contributed by atoms with Gasteiger partial charge in [0.15, 0.2) is 10.7 Å². The molecule has 2 aromatic carbocycles. The second-order valence-electron chi connectivity index (χ2n) is 6.29. The number of hydrogen-bond acceptors (Lipinski definition) is 7. The maximum absolute atomic E-state index is 12.6. The molecule has 146 valence electrons. The molecule has 0 bridgehead atoms. The fourth-order valence-corrected chi connectivity index (χ4v) is 3.51. The number of anilines is 1. The number of nitrogens with one attached hydrogen (secondary N) is 1. The number of fused-ring (bicyclic) bond motifs is 1. The number of benzene rings is 2. The van der Waals surface area contributed by atoms with Crippen LogP contribution in [0.5, 0.6) is 5.75 Å². The smallest absolute Gasteiger partial charge is 0.282 e. The fraction of sp³-hybridized carbons (Fsp3) is 0.150. The first kappa shape index (κ1) is 18.8. The molecule has 9 heteroatoms. The van der Waals surface area contributed by atoms with Crippen molar-refractivity contribution in [3.63, 3.8) is 0 Å². The molecule has 1 N–H and O–H groups in total. The average molecular weight is 407 g/mol. The zero-order valence-corrected chi connectivity index (χ0v) is 16.5. The molecule has 2 heterocycles. The van der Waals surface area contributed by atoms with E-state index in [1.807, 2.05) is 43.3 Å². The minimum absolute atomic E-state index is 0.198. The summed E-state index contributed by atoms with van der Waals surface area (Å²) in [6, 6.07) is 16.5. The molecule has 0 aliphatic rings. The van der Waals surface area contributed by atoms with Gasteiger partial charge in [0, 0.05) is 7.05 Å². The Hall–Kier alpha value is -3.59. The van der Waals surface area contributed by atoms with Gasteiger partial charge in [-0.2, -0.15) is 0 Å². The van der Waals surface area contributed by atoms with Crippen LogP contribution in [0.4, 0.5) is 5.13 Å². The van der Waals surface area contributed by atoms with E-state index < -0.39 is 11.5 Å². The molecule has 4 aromatic rings. The molecule has 0 spiro atoms. The monoisotopic (exact) mass is 407 g/mol. The van der Waals surface area contributed by atoms with Crippen molar-refractivity contribution >= 4 is 33.4 Å². The summed E-state index contributed by atoms with van der Waals surface area (Å²) >= 11 is 1.18. The summed E-state index contributed by atoms with van der Waals surface area (Å²) in [4.78, 5) is 29.4. The molecule has 0 saturated heterocycles. The molecule has 4 rings (SSSR count). The predicted octanol–water partition coefficient (Wildman–Crippen LogP) is 3.18. The number of nitrogens with zero attached hydrogens (tertiary/aromatic N) is 4. The summed E-state index contributed by atoms with van der Waals surface area (Å²) in [5, 5.41) is 11.5. The van der Waals surface area contributed by atoms with Gasteiger partial charge in [0.1, 0.15) is 11.9 Å². The highest BCUT2D eigenvalue weighted by atomic mass is 32.1. The number of carbonyl (C=O) groups is 1. The number of hydrogen-bond donors (Lipinski definition) is 1. The zero-order chi connectivity index (χ0) is 20.4. The molecule has 0 aliphatic carbocycles. The van der Waals surface area contributed by atoms with Gasteiger partial charge in [-0.05, 0) is 31.2 Å². The summed E-state index contributed by atoms with van der Waals surface area (Å²) in [7, 11) is 1.61. The Morgan fingerprint density at radius 2 is 1.83 bits per heavy atom. The van der Waals surface area contributed by atoms with Gasteiger partial charge in [0.25, 0.3) is 11.5 Å². The number of para-hydroxylation sites is 3. The van der Waals surface area contributed by atoms with E-state index in [9.17, 15) is 9.59 Å². The molecule has 1 atom stereocenters. The van der Waals surface area contributed by atoms with Crippen molar-refractivity contribution in [2.45, 2.75) is 13.0 Å². The lowest BCUT2D eigenvalue weighted by atomic mass is 10.2. The summed E-state index contributed by atoms with van der Waals surface area (Å²) in [5.74, 6) is 0.0836. The number of aromatic nitrogens is 4. The van der Waals surface area contributed by atoms with Gasteiger partial charge in [0.2, 0.25) is 5.13 Å². The van der Waals surface area contributed by atoms with Crippen LogP contribution in [-0.2, 0) is 7.05 Å². The molecule has 0 fully saturated rings. The van der Waals surface area contributed by atoms with Crippen molar-refractivity contribution in [3.05, 3.63) is 75.7 Å². The van der Waals surface area contributed by atoms with Crippen molar-refractivity contribution in [3.8, 4) is 5.75 Å². The number of ether oxygens (including phenoxy) is 1. The minimum Gasteiger partial charge on any atom is -0.483 e. The highest BCUT2D eigenvalue weighted by molar-refractivity contribution is 7.15. The van der Waals surface area contributed by atoms with E-state index in [1.165, 1.54) is 15.9 Å². The Morgan fingerprint density at radius 1 is 1.10 bits per heavy atom. The van der Waals surface area contributed by atoms with Gasteiger partial charge in [-0.15, -0.1) is 10.2 Å². The van der Waals surface area contributed by atoms with Gasteiger partial charge in [-0.3, -0.25) is 14.9 Å². The lowest BCUT2D eigenvalue weighted by Crippen LogP contribution is -2.29. The molecule has 0 aliphatic heterocycles. The topological polar surface area (TPSA) is 99.0 Å². The van der Waals surface area contributed by atoms with E-state index in [1.54, 1.807) is 25.2 Å². The van der Waals surface area contributed by atoms with Crippen LogP contribution in [0, 0.1) is 0 Å². The van der Waals surface area contributed by atoms with Gasteiger partial charge < -0.3 is 9.30 Å². The van der Waals surface area contributed by atoms with E-state index >= 15 is 0 Å². The molecule has 0 saturated carbocycles. The van der Waals surface area contributed by atoms with Crippen LogP contribution in [0.25, 0.3) is 11.0 Å². The number of amides is 1. The minimum atomic E-state index is -0.629. The van der Waals surface area contributed by atoms with Crippen LogP contribution in [-0.4, -0.2) is 25.7 Å². The lowest BCUT2D eigenvalue weighted by molar-refractivity contribution is 0.102. The second-order valence-corrected chi connectivity index (χ2v) is 7.30. The third-order valence-electron chi connectivity index (χ3n) is 4.26. The maximum atomic E-state index is 12.6. The van der Waals surface area contributed by atoms with Crippen molar-refractivity contribution in [1.82, 2.24) is 19.7 Å². The van der Waals surface area contributed by atoms with Crippen molar-refractivity contribution < 1.29 is 9.53 Å². The maximum Gasteiger partial charge on any atom is 0.282 e. The van der Waals surface area contributed by atoms with Gasteiger partial charge in [-0.1, -0.05) is 41.7 Å². The Kier molecular flexibility index (Phi) is 5.05. The van der Waals surface area contributed by atoms with Crippen LogP contribution in [0.3, 0.4) is 0 Å². The molecule has 0 unspecified atom stereocenters. The third-order valence-corrected chi connectivity index (χ3v) is 5.26. The first-order valence-corrected chi connectivity index (χ1v) is 9.67. The normalized spacial score (nSPS) is 11.9. The van der Waals surface area contributed by atoms with E-state index in [-0.39, 0.29) is 16.9 Å². The van der Waals surface area contributed by atoms with Crippen LogP contribution >= 0.6 is 11.3 Å². The van der Waals surface area contributed by atoms with E-state index in [0.717, 1.165) is 0 Å². The van der Waals surface area contributed by atoms with E-state index in [2.05, 4.69) is 20.5 Å². The van der Waals surface area contributed by atoms with Crippen LogP contribution < -0.4 is 15.6 Å². The van der Waals surface area contributed by atoms with Crippen molar-refractivity contribution in [1.29, 1.82) is 0 Å². The molecular formula is C20H17N5O3S. The lowest BCUT2D eigenvalue weighted by Gasteiger charge is -2.11. The molecular weight excluding hydrogens is 390 g/mol.